The average molecular weight is 194 g/mol. The molecule has 0 aliphatic carbocycles. The lowest BCUT2D eigenvalue weighted by Crippen LogP contribution is -2.49. The van der Waals surface area contributed by atoms with Crippen molar-refractivity contribution in [3.05, 3.63) is 30.1 Å². The smallest absolute Gasteiger partial charge is 0.169 e. The number of aliphatic hydroxyl groups is 1. The summed E-state index contributed by atoms with van der Waals surface area (Å²) in [6.45, 7) is 6.81. The van der Waals surface area contributed by atoms with E-state index in [0.717, 1.165) is 12.8 Å². The Balaban J connectivity index is 2.69. The summed E-state index contributed by atoms with van der Waals surface area (Å²) in [4.78, 5) is 0. The third kappa shape index (κ3) is 3.11. The predicted molar refractivity (Wildman–Crippen MR) is 57.0 cm³/mol. The fourth-order valence-electron chi connectivity index (χ4n) is 1.35. The Hall–Kier alpha value is -0.890. The minimum Gasteiger partial charge on any atom is -0.396 e. The highest BCUT2D eigenvalue weighted by Gasteiger charge is 2.19. The van der Waals surface area contributed by atoms with E-state index in [1.54, 1.807) is 0 Å². The van der Waals surface area contributed by atoms with Crippen molar-refractivity contribution < 1.29 is 9.67 Å². The van der Waals surface area contributed by atoms with Crippen molar-refractivity contribution in [2.75, 3.05) is 6.61 Å². The minimum absolute atomic E-state index is 0.148. The Labute approximate surface area is 86.2 Å². The standard InChI is InChI=1S/C12H20NO/c1-12(2,3)13-8-6-11(7-9-13)5-4-10-14/h6-9,14H,4-5,10H2,1-3H3/q+1. The molecule has 78 valence electrons. The molecule has 0 atom stereocenters. The van der Waals surface area contributed by atoms with E-state index in [0.29, 0.717) is 0 Å². The van der Waals surface area contributed by atoms with Gasteiger partial charge >= 0.3 is 0 Å². The van der Waals surface area contributed by atoms with Gasteiger partial charge in [-0.1, -0.05) is 0 Å². The SMILES string of the molecule is CC(C)(C)[n+]1ccc(CCCO)cc1. The van der Waals surface area contributed by atoms with Crippen molar-refractivity contribution in [2.24, 2.45) is 0 Å². The summed E-state index contributed by atoms with van der Waals surface area (Å²) in [6.07, 6.45) is 6.01. The second-order valence-corrected chi connectivity index (χ2v) is 4.61. The highest BCUT2D eigenvalue weighted by molar-refractivity contribution is 5.07. The molecule has 1 aromatic heterocycles. The molecule has 0 fully saturated rings. The number of hydrogen-bond acceptors (Lipinski definition) is 1. The van der Waals surface area contributed by atoms with Crippen LogP contribution in [0.4, 0.5) is 0 Å². The average Bonchev–Trinajstić information content (AvgIpc) is 2.14. The van der Waals surface area contributed by atoms with Crippen LogP contribution in [-0.2, 0) is 12.0 Å². The monoisotopic (exact) mass is 194 g/mol. The minimum atomic E-state index is 0.148. The highest BCUT2D eigenvalue weighted by atomic mass is 16.2. The molecule has 1 aromatic rings. The summed E-state index contributed by atoms with van der Waals surface area (Å²) in [5.41, 5.74) is 1.44. The normalized spacial score (nSPS) is 11.7. The molecule has 1 heterocycles. The molecule has 2 nitrogen and oxygen atoms in total. The van der Waals surface area contributed by atoms with Gasteiger partial charge < -0.3 is 5.11 Å². The van der Waals surface area contributed by atoms with Crippen molar-refractivity contribution in [3.63, 3.8) is 0 Å². The van der Waals surface area contributed by atoms with Gasteiger partial charge in [0.25, 0.3) is 0 Å². The van der Waals surface area contributed by atoms with Gasteiger partial charge in [0.2, 0.25) is 0 Å². The van der Waals surface area contributed by atoms with Gasteiger partial charge in [-0.05, 0) is 18.4 Å². The zero-order valence-electron chi connectivity index (χ0n) is 9.33. The van der Waals surface area contributed by atoms with Gasteiger partial charge in [-0.25, -0.2) is 4.57 Å². The molecular weight excluding hydrogens is 174 g/mol. The molecule has 1 rings (SSSR count). The van der Waals surface area contributed by atoms with Gasteiger partial charge in [0, 0.05) is 39.5 Å². The number of aliphatic hydroxyl groups excluding tert-OH is 1. The Morgan fingerprint density at radius 2 is 1.79 bits per heavy atom. The number of pyridine rings is 1. The maximum atomic E-state index is 8.71. The first-order chi connectivity index (χ1) is 6.54. The molecule has 0 unspecified atom stereocenters. The van der Waals surface area contributed by atoms with Crippen LogP contribution in [0.1, 0.15) is 32.8 Å². The van der Waals surface area contributed by atoms with Crippen molar-refractivity contribution in [1.29, 1.82) is 0 Å². The summed E-state index contributed by atoms with van der Waals surface area (Å²) in [7, 11) is 0. The van der Waals surface area contributed by atoms with Gasteiger partial charge in [-0.2, -0.15) is 0 Å². The fourth-order valence-corrected chi connectivity index (χ4v) is 1.35. The summed E-state index contributed by atoms with van der Waals surface area (Å²) in [5, 5.41) is 8.71. The third-order valence-corrected chi connectivity index (χ3v) is 2.30. The zero-order valence-corrected chi connectivity index (χ0v) is 9.33. The summed E-state index contributed by atoms with van der Waals surface area (Å²) < 4.78 is 2.19. The summed E-state index contributed by atoms with van der Waals surface area (Å²) in [5.74, 6) is 0. The van der Waals surface area contributed by atoms with Gasteiger partial charge in [0.05, 0.1) is 0 Å². The first-order valence-electron chi connectivity index (χ1n) is 5.15. The van der Waals surface area contributed by atoms with Crippen molar-refractivity contribution in [2.45, 2.75) is 39.2 Å². The van der Waals surface area contributed by atoms with E-state index in [1.807, 2.05) is 0 Å². The quantitative estimate of drug-likeness (QED) is 0.727. The highest BCUT2D eigenvalue weighted by Crippen LogP contribution is 2.05. The van der Waals surface area contributed by atoms with E-state index in [-0.39, 0.29) is 12.1 Å². The molecule has 0 radical (unpaired) electrons. The largest absolute Gasteiger partial charge is 0.396 e. The molecular formula is C12H20NO+. The van der Waals surface area contributed by atoms with Crippen molar-refractivity contribution >= 4 is 0 Å². The van der Waals surface area contributed by atoms with E-state index < -0.39 is 0 Å². The van der Waals surface area contributed by atoms with Gasteiger partial charge in [-0.15, -0.1) is 0 Å². The number of aromatic nitrogens is 1. The lowest BCUT2D eigenvalue weighted by atomic mass is 10.1. The molecule has 0 saturated carbocycles. The van der Waals surface area contributed by atoms with Crippen LogP contribution in [0.3, 0.4) is 0 Å². The van der Waals surface area contributed by atoms with Gasteiger partial charge in [0.15, 0.2) is 17.9 Å². The molecule has 0 amide bonds. The van der Waals surface area contributed by atoms with Crippen LogP contribution in [-0.4, -0.2) is 11.7 Å². The zero-order chi connectivity index (χ0) is 10.6. The Morgan fingerprint density at radius 3 is 2.21 bits per heavy atom. The maximum absolute atomic E-state index is 8.71. The topological polar surface area (TPSA) is 24.1 Å². The molecule has 14 heavy (non-hydrogen) atoms. The Kier molecular flexibility index (Phi) is 3.64. The Bertz CT molecular complexity index is 271. The third-order valence-electron chi connectivity index (χ3n) is 2.30. The predicted octanol–water partition coefficient (Wildman–Crippen LogP) is 1.65. The van der Waals surface area contributed by atoms with Crippen LogP contribution in [0.2, 0.25) is 0 Å². The Morgan fingerprint density at radius 1 is 1.21 bits per heavy atom. The first-order valence-corrected chi connectivity index (χ1v) is 5.15. The van der Waals surface area contributed by atoms with Crippen LogP contribution >= 0.6 is 0 Å². The molecule has 0 aromatic carbocycles. The molecule has 0 aliphatic heterocycles. The van der Waals surface area contributed by atoms with Gasteiger partial charge in [0.1, 0.15) is 0 Å². The van der Waals surface area contributed by atoms with E-state index in [2.05, 4.69) is 49.9 Å². The molecule has 0 spiro atoms. The lowest BCUT2D eigenvalue weighted by molar-refractivity contribution is -0.754. The number of rotatable bonds is 3. The van der Waals surface area contributed by atoms with Crippen molar-refractivity contribution in [3.8, 4) is 0 Å². The van der Waals surface area contributed by atoms with E-state index in [9.17, 15) is 0 Å². The van der Waals surface area contributed by atoms with E-state index >= 15 is 0 Å². The molecule has 2 heteroatoms. The molecule has 1 N–H and O–H groups in total. The summed E-state index contributed by atoms with van der Waals surface area (Å²) >= 11 is 0. The number of hydrogen-bond donors (Lipinski definition) is 1. The second-order valence-electron chi connectivity index (χ2n) is 4.61. The van der Waals surface area contributed by atoms with Gasteiger partial charge in [-0.3, -0.25) is 0 Å². The molecule has 0 aliphatic rings. The van der Waals surface area contributed by atoms with E-state index in [1.165, 1.54) is 5.56 Å². The second kappa shape index (κ2) is 4.56. The number of aryl methyl sites for hydroxylation is 1. The van der Waals surface area contributed by atoms with Crippen LogP contribution in [0.25, 0.3) is 0 Å². The fraction of sp³-hybridized carbons (Fsp3) is 0.583. The van der Waals surface area contributed by atoms with Crippen LogP contribution in [0.15, 0.2) is 24.5 Å². The van der Waals surface area contributed by atoms with Crippen LogP contribution in [0, 0.1) is 0 Å². The van der Waals surface area contributed by atoms with E-state index in [4.69, 9.17) is 5.11 Å². The van der Waals surface area contributed by atoms with Crippen LogP contribution < -0.4 is 4.57 Å². The maximum Gasteiger partial charge on any atom is 0.169 e. The molecule has 0 bridgehead atoms. The number of nitrogens with zero attached hydrogens (tertiary/aromatic N) is 1. The van der Waals surface area contributed by atoms with Crippen LogP contribution in [0.5, 0.6) is 0 Å². The molecule has 0 saturated heterocycles. The summed E-state index contributed by atoms with van der Waals surface area (Å²) in [6, 6.07) is 4.25. The first kappa shape index (κ1) is 11.2. The lowest BCUT2D eigenvalue weighted by Gasteiger charge is -2.12. The van der Waals surface area contributed by atoms with Crippen molar-refractivity contribution in [1.82, 2.24) is 0 Å².